The number of nitrogens with one attached hydrogen (secondary N) is 2. The lowest BCUT2D eigenvalue weighted by Crippen LogP contribution is -2.16. The molecule has 154 valence electrons. The summed E-state index contributed by atoms with van der Waals surface area (Å²) in [6.45, 7) is 3.50. The van der Waals surface area contributed by atoms with Gasteiger partial charge in [-0.1, -0.05) is 42.1 Å². The van der Waals surface area contributed by atoms with Gasteiger partial charge in [-0.3, -0.25) is 14.9 Å². The van der Waals surface area contributed by atoms with Gasteiger partial charge in [0.15, 0.2) is 5.16 Å². The Balaban J connectivity index is 1.45. The summed E-state index contributed by atoms with van der Waals surface area (Å²) in [5.41, 5.74) is 1.36. The van der Waals surface area contributed by atoms with E-state index in [1.165, 1.54) is 11.8 Å². The summed E-state index contributed by atoms with van der Waals surface area (Å²) < 4.78 is 7.48. The number of amides is 1. The van der Waals surface area contributed by atoms with Crippen molar-refractivity contribution in [2.75, 3.05) is 11.1 Å². The highest BCUT2D eigenvalue weighted by Crippen LogP contribution is 2.28. The Bertz CT molecular complexity index is 1280. The maximum absolute atomic E-state index is 12.5. The molecule has 1 aromatic carbocycles. The Morgan fingerprint density at radius 1 is 1.20 bits per heavy atom. The molecule has 9 nitrogen and oxygen atoms in total. The molecule has 0 aliphatic carbocycles. The summed E-state index contributed by atoms with van der Waals surface area (Å²) >= 11 is 1.26. The number of hydrogen-bond donors (Lipinski definition) is 2. The molecule has 4 aromatic rings. The summed E-state index contributed by atoms with van der Waals surface area (Å²) in [5, 5.41) is 19.0. The van der Waals surface area contributed by atoms with Crippen LogP contribution in [-0.4, -0.2) is 36.6 Å². The van der Waals surface area contributed by atoms with Crippen molar-refractivity contribution >= 4 is 34.3 Å². The Morgan fingerprint density at radius 3 is 2.73 bits per heavy atom. The van der Waals surface area contributed by atoms with Crippen LogP contribution in [0.3, 0.4) is 0 Å². The van der Waals surface area contributed by atoms with Gasteiger partial charge in [0.25, 0.3) is 5.56 Å². The van der Waals surface area contributed by atoms with E-state index in [2.05, 4.69) is 25.7 Å². The Labute approximate surface area is 175 Å². The van der Waals surface area contributed by atoms with E-state index in [-0.39, 0.29) is 17.5 Å². The molecule has 0 saturated heterocycles. The second-order valence-corrected chi connectivity index (χ2v) is 7.78. The van der Waals surface area contributed by atoms with Crippen molar-refractivity contribution in [2.45, 2.75) is 25.4 Å². The first-order chi connectivity index (χ1) is 14.4. The number of aromatic amines is 1. The number of carbonyl (C=O) groups is 1. The van der Waals surface area contributed by atoms with E-state index in [0.717, 1.165) is 11.4 Å². The molecule has 0 radical (unpaired) electrons. The first kappa shape index (κ1) is 19.9. The van der Waals surface area contributed by atoms with Crippen molar-refractivity contribution in [3.8, 4) is 0 Å². The SMILES string of the molecule is Cc1n[nH]c(=O)c2c(NC(=O)CSc3nnc(Cc4ccccc4)n3C)oc(C)c12. The van der Waals surface area contributed by atoms with Crippen LogP contribution in [0, 0.1) is 13.8 Å². The van der Waals surface area contributed by atoms with Crippen LogP contribution >= 0.6 is 11.8 Å². The smallest absolute Gasteiger partial charge is 0.277 e. The molecule has 0 saturated carbocycles. The zero-order valence-electron chi connectivity index (χ0n) is 16.7. The van der Waals surface area contributed by atoms with Crippen LogP contribution in [0.1, 0.15) is 22.8 Å². The number of H-pyrrole nitrogens is 1. The highest BCUT2D eigenvalue weighted by Gasteiger charge is 2.19. The number of aromatic nitrogens is 5. The average Bonchev–Trinajstić information content (AvgIpc) is 3.24. The van der Waals surface area contributed by atoms with Crippen molar-refractivity contribution < 1.29 is 9.21 Å². The number of thioether (sulfide) groups is 1. The standard InChI is InChI=1S/C20H20N6O3S/c1-11-16-12(2)29-19(17(16)18(28)24-22-11)21-15(27)10-30-20-25-23-14(26(20)3)9-13-7-5-4-6-8-13/h4-8H,9-10H2,1-3H3,(H,21,27)(H,24,28). The van der Waals surface area contributed by atoms with Gasteiger partial charge >= 0.3 is 0 Å². The highest BCUT2D eigenvalue weighted by molar-refractivity contribution is 7.99. The lowest BCUT2D eigenvalue weighted by atomic mass is 10.1. The molecule has 0 atom stereocenters. The largest absolute Gasteiger partial charge is 0.444 e. The summed E-state index contributed by atoms with van der Waals surface area (Å²) in [7, 11) is 1.87. The summed E-state index contributed by atoms with van der Waals surface area (Å²) in [6, 6.07) is 9.99. The number of fused-ring (bicyclic) bond motifs is 1. The van der Waals surface area contributed by atoms with Crippen LogP contribution in [0.15, 0.2) is 44.7 Å². The maximum Gasteiger partial charge on any atom is 0.277 e. The second-order valence-electron chi connectivity index (χ2n) is 6.83. The monoisotopic (exact) mass is 424 g/mol. The molecule has 0 aliphatic rings. The minimum atomic E-state index is -0.408. The van der Waals surface area contributed by atoms with Gasteiger partial charge in [0, 0.05) is 13.5 Å². The summed E-state index contributed by atoms with van der Waals surface area (Å²) in [4.78, 5) is 24.6. The Hall–Kier alpha value is -3.40. The lowest BCUT2D eigenvalue weighted by Gasteiger charge is -2.04. The highest BCUT2D eigenvalue weighted by atomic mass is 32.2. The zero-order valence-corrected chi connectivity index (χ0v) is 17.5. The van der Waals surface area contributed by atoms with Gasteiger partial charge in [-0.25, -0.2) is 5.10 Å². The van der Waals surface area contributed by atoms with Crippen molar-refractivity contribution in [3.63, 3.8) is 0 Å². The number of anilines is 1. The Morgan fingerprint density at radius 2 is 1.97 bits per heavy atom. The molecule has 0 fully saturated rings. The third-order valence-corrected chi connectivity index (χ3v) is 5.73. The number of benzene rings is 1. The van der Waals surface area contributed by atoms with Gasteiger partial charge in [0.2, 0.25) is 11.8 Å². The molecule has 4 rings (SSSR count). The number of nitrogens with zero attached hydrogens (tertiary/aromatic N) is 4. The van der Waals surface area contributed by atoms with Crippen molar-refractivity contribution in [3.05, 3.63) is 63.5 Å². The second kappa shape index (κ2) is 8.15. The lowest BCUT2D eigenvalue weighted by molar-refractivity contribution is -0.113. The molecular formula is C20H20N6O3S. The van der Waals surface area contributed by atoms with E-state index in [1.54, 1.807) is 13.8 Å². The number of furan rings is 1. The molecule has 0 spiro atoms. The van der Waals surface area contributed by atoms with Gasteiger partial charge < -0.3 is 8.98 Å². The number of aryl methyl sites for hydroxylation is 2. The van der Waals surface area contributed by atoms with Crippen LogP contribution in [0.5, 0.6) is 0 Å². The van der Waals surface area contributed by atoms with Crippen molar-refractivity contribution in [1.82, 2.24) is 25.0 Å². The van der Waals surface area contributed by atoms with Crippen LogP contribution in [0.4, 0.5) is 5.88 Å². The average molecular weight is 424 g/mol. The molecule has 3 aromatic heterocycles. The van der Waals surface area contributed by atoms with E-state index >= 15 is 0 Å². The molecule has 30 heavy (non-hydrogen) atoms. The van der Waals surface area contributed by atoms with Gasteiger partial charge in [-0.2, -0.15) is 5.10 Å². The van der Waals surface area contributed by atoms with Gasteiger partial charge in [0.1, 0.15) is 17.0 Å². The van der Waals surface area contributed by atoms with Crippen LogP contribution < -0.4 is 10.9 Å². The quantitative estimate of drug-likeness (QED) is 0.457. The minimum absolute atomic E-state index is 0.0977. The maximum atomic E-state index is 12.5. The first-order valence-corrected chi connectivity index (χ1v) is 10.3. The van der Waals surface area contributed by atoms with E-state index in [1.807, 2.05) is 41.9 Å². The topological polar surface area (TPSA) is 119 Å². The van der Waals surface area contributed by atoms with E-state index in [0.29, 0.717) is 33.8 Å². The fourth-order valence-corrected chi connectivity index (χ4v) is 3.96. The number of hydrogen-bond acceptors (Lipinski definition) is 7. The van der Waals surface area contributed by atoms with E-state index < -0.39 is 5.56 Å². The van der Waals surface area contributed by atoms with Crippen LogP contribution in [0.2, 0.25) is 0 Å². The van der Waals surface area contributed by atoms with Crippen LogP contribution in [0.25, 0.3) is 10.8 Å². The molecule has 2 N–H and O–H groups in total. The predicted octanol–water partition coefficient (Wildman–Crippen LogP) is 2.58. The molecule has 3 heterocycles. The van der Waals surface area contributed by atoms with Crippen molar-refractivity contribution in [2.24, 2.45) is 7.05 Å². The first-order valence-electron chi connectivity index (χ1n) is 9.27. The third-order valence-electron chi connectivity index (χ3n) is 4.71. The molecule has 0 bridgehead atoms. The van der Waals surface area contributed by atoms with E-state index in [4.69, 9.17) is 4.42 Å². The number of rotatable bonds is 6. The summed E-state index contributed by atoms with van der Waals surface area (Å²) in [6.07, 6.45) is 0.658. The van der Waals surface area contributed by atoms with Crippen LogP contribution in [-0.2, 0) is 18.3 Å². The van der Waals surface area contributed by atoms with Gasteiger partial charge in [-0.05, 0) is 19.4 Å². The minimum Gasteiger partial charge on any atom is -0.444 e. The fourth-order valence-electron chi connectivity index (χ4n) is 3.23. The molecule has 0 unspecified atom stereocenters. The molecule has 1 amide bonds. The Kier molecular flexibility index (Phi) is 5.40. The van der Waals surface area contributed by atoms with Gasteiger partial charge in [-0.15, -0.1) is 10.2 Å². The third kappa shape index (κ3) is 3.86. The zero-order chi connectivity index (χ0) is 21.3. The molecule has 10 heteroatoms. The van der Waals surface area contributed by atoms with Crippen molar-refractivity contribution in [1.29, 1.82) is 0 Å². The molecular weight excluding hydrogens is 404 g/mol. The predicted molar refractivity (Wildman–Crippen MR) is 114 cm³/mol. The summed E-state index contributed by atoms with van der Waals surface area (Å²) in [5.74, 6) is 1.26. The molecule has 0 aliphatic heterocycles. The fraction of sp³-hybridized carbons (Fsp3) is 0.250. The van der Waals surface area contributed by atoms with E-state index in [9.17, 15) is 9.59 Å². The normalized spacial score (nSPS) is 11.2. The number of carbonyl (C=O) groups excluding carboxylic acids is 1. The van der Waals surface area contributed by atoms with Gasteiger partial charge in [0.05, 0.1) is 16.8 Å².